The first-order valence-corrected chi connectivity index (χ1v) is 8.14. The molecule has 0 N–H and O–H groups in total. The molecule has 1 saturated heterocycles. The van der Waals surface area contributed by atoms with E-state index < -0.39 is 31.5 Å². The average Bonchev–Trinajstić information content (AvgIpc) is 2.57. The van der Waals surface area contributed by atoms with Crippen LogP contribution in [0.4, 0.5) is 26.3 Å². The van der Waals surface area contributed by atoms with Gasteiger partial charge in [-0.05, 0) is 37.9 Å². The summed E-state index contributed by atoms with van der Waals surface area (Å²) in [5, 5.41) is 0. The maximum atomic E-state index is 12.3. The van der Waals surface area contributed by atoms with Gasteiger partial charge in [-0.1, -0.05) is 0 Å². The van der Waals surface area contributed by atoms with Crippen LogP contribution in [-0.4, -0.2) is 61.1 Å². The molecular formula is C16H18F6N2O3. The minimum atomic E-state index is -4.49. The summed E-state index contributed by atoms with van der Waals surface area (Å²) in [5.41, 5.74) is 0.0452. The molecule has 0 aromatic carbocycles. The number of rotatable bonds is 6. The predicted octanol–water partition coefficient (Wildman–Crippen LogP) is 3.45. The van der Waals surface area contributed by atoms with Crippen LogP contribution in [0.25, 0.3) is 0 Å². The molecule has 2 rings (SSSR count). The van der Waals surface area contributed by atoms with Gasteiger partial charge in [-0.2, -0.15) is 26.3 Å². The number of piperidine rings is 1. The number of halogens is 6. The molecule has 1 aromatic rings. The number of ether oxygens (including phenoxy) is 2. The third kappa shape index (κ3) is 8.02. The first-order chi connectivity index (χ1) is 12.5. The highest BCUT2D eigenvalue weighted by Crippen LogP contribution is 2.23. The summed E-state index contributed by atoms with van der Waals surface area (Å²) >= 11 is 0. The zero-order valence-electron chi connectivity index (χ0n) is 14.1. The van der Waals surface area contributed by atoms with Gasteiger partial charge in [0.25, 0.3) is 0 Å². The Morgan fingerprint density at radius 3 is 2.30 bits per heavy atom. The number of pyridine rings is 1. The molecule has 152 valence electrons. The van der Waals surface area contributed by atoms with Gasteiger partial charge < -0.3 is 9.47 Å². The summed E-state index contributed by atoms with van der Waals surface area (Å²) in [5.74, 6) is -1.02. The number of aromatic nitrogens is 1. The van der Waals surface area contributed by atoms with E-state index in [1.165, 1.54) is 11.0 Å². The maximum Gasteiger partial charge on any atom is 0.422 e. The van der Waals surface area contributed by atoms with Gasteiger partial charge in [0.2, 0.25) is 5.88 Å². The topological polar surface area (TPSA) is 51.7 Å². The highest BCUT2D eigenvalue weighted by molar-refractivity contribution is 5.89. The van der Waals surface area contributed by atoms with Gasteiger partial charge in [0.05, 0.1) is 18.7 Å². The molecular weight excluding hydrogens is 382 g/mol. The molecule has 1 aromatic heterocycles. The number of nitrogens with zero attached hydrogens (tertiary/aromatic N) is 2. The third-order valence-corrected chi connectivity index (χ3v) is 3.92. The average molecular weight is 400 g/mol. The molecule has 5 nitrogen and oxygen atoms in total. The number of carbonyl (C=O) groups excluding carboxylic acids is 1. The molecule has 0 saturated carbocycles. The van der Waals surface area contributed by atoms with Crippen molar-refractivity contribution in [2.45, 2.75) is 25.2 Å². The fourth-order valence-electron chi connectivity index (χ4n) is 2.58. The van der Waals surface area contributed by atoms with E-state index in [0.717, 1.165) is 12.3 Å². The number of carbonyl (C=O) groups is 1. The van der Waals surface area contributed by atoms with Crippen LogP contribution in [0.3, 0.4) is 0 Å². The smallest absolute Gasteiger partial charge is 0.422 e. The van der Waals surface area contributed by atoms with Crippen molar-refractivity contribution in [1.29, 1.82) is 0 Å². The summed E-state index contributed by atoms with van der Waals surface area (Å²) < 4.78 is 82.7. The highest BCUT2D eigenvalue weighted by atomic mass is 19.4. The number of hydrogen-bond donors (Lipinski definition) is 0. The van der Waals surface area contributed by atoms with Crippen LogP contribution < -0.4 is 4.74 Å². The molecule has 0 aliphatic carbocycles. The fraction of sp³-hybridized carbons (Fsp3) is 0.625. The molecule has 27 heavy (non-hydrogen) atoms. The fourth-order valence-corrected chi connectivity index (χ4v) is 2.58. The van der Waals surface area contributed by atoms with Gasteiger partial charge in [0, 0.05) is 12.3 Å². The van der Waals surface area contributed by atoms with Gasteiger partial charge >= 0.3 is 18.3 Å². The Labute approximate surface area is 151 Å². The van der Waals surface area contributed by atoms with E-state index in [4.69, 9.17) is 4.74 Å². The highest BCUT2D eigenvalue weighted by Gasteiger charge is 2.32. The first-order valence-electron chi connectivity index (χ1n) is 8.14. The minimum absolute atomic E-state index is 0.0409. The molecule has 0 atom stereocenters. The van der Waals surface area contributed by atoms with E-state index in [-0.39, 0.29) is 37.1 Å². The Morgan fingerprint density at radius 2 is 1.78 bits per heavy atom. The van der Waals surface area contributed by atoms with Crippen molar-refractivity contribution < 1.29 is 40.6 Å². The van der Waals surface area contributed by atoms with Crippen molar-refractivity contribution in [3.63, 3.8) is 0 Å². The van der Waals surface area contributed by atoms with Gasteiger partial charge in [-0.15, -0.1) is 0 Å². The van der Waals surface area contributed by atoms with Crippen molar-refractivity contribution >= 4 is 5.97 Å². The SMILES string of the molecule is O=C(OCC1CCN(CC(F)(F)F)CC1)c1ccc(OCC(F)(F)F)nc1. The van der Waals surface area contributed by atoms with E-state index in [2.05, 4.69) is 9.72 Å². The summed E-state index contributed by atoms with van der Waals surface area (Å²) in [4.78, 5) is 16.8. The normalized spacial score (nSPS) is 17.0. The van der Waals surface area contributed by atoms with Crippen molar-refractivity contribution in [1.82, 2.24) is 9.88 Å². The van der Waals surface area contributed by atoms with Crippen molar-refractivity contribution in [2.24, 2.45) is 5.92 Å². The quantitative estimate of drug-likeness (QED) is 0.541. The molecule has 1 fully saturated rings. The first kappa shape index (κ1) is 21.3. The van der Waals surface area contributed by atoms with Crippen LogP contribution >= 0.6 is 0 Å². The minimum Gasteiger partial charge on any atom is -0.468 e. The van der Waals surface area contributed by atoms with E-state index >= 15 is 0 Å². The largest absolute Gasteiger partial charge is 0.468 e. The van der Waals surface area contributed by atoms with Crippen LogP contribution in [0.2, 0.25) is 0 Å². The lowest BCUT2D eigenvalue weighted by Crippen LogP contribution is -2.40. The van der Waals surface area contributed by atoms with E-state index in [1.807, 2.05) is 0 Å². The zero-order valence-corrected chi connectivity index (χ0v) is 14.1. The Bertz CT molecular complexity index is 610. The van der Waals surface area contributed by atoms with Crippen molar-refractivity contribution in [3.8, 4) is 5.88 Å². The van der Waals surface area contributed by atoms with Crippen LogP contribution in [0.15, 0.2) is 18.3 Å². The lowest BCUT2D eigenvalue weighted by molar-refractivity contribution is -0.154. The number of alkyl halides is 6. The van der Waals surface area contributed by atoms with Gasteiger partial charge in [0.1, 0.15) is 0 Å². The molecule has 0 amide bonds. The number of hydrogen-bond acceptors (Lipinski definition) is 5. The van der Waals surface area contributed by atoms with E-state index in [0.29, 0.717) is 12.8 Å². The summed E-state index contributed by atoms with van der Waals surface area (Å²) in [6, 6.07) is 2.35. The molecule has 0 bridgehead atoms. The maximum absolute atomic E-state index is 12.3. The molecule has 0 unspecified atom stereocenters. The van der Waals surface area contributed by atoms with Gasteiger partial charge in [0.15, 0.2) is 6.61 Å². The second kappa shape index (κ2) is 8.77. The molecule has 1 aliphatic heterocycles. The molecule has 2 heterocycles. The lowest BCUT2D eigenvalue weighted by Gasteiger charge is -2.31. The second-order valence-corrected chi connectivity index (χ2v) is 6.22. The standard InChI is InChI=1S/C16H18F6N2O3/c17-15(18,19)9-24-5-3-11(4-6-24)8-26-14(25)12-1-2-13(23-7-12)27-10-16(20,21)22/h1-2,7,11H,3-6,8-10H2. The van der Waals surface area contributed by atoms with Crippen LogP contribution in [0, 0.1) is 5.92 Å². The Kier molecular flexibility index (Phi) is 6.90. The summed E-state index contributed by atoms with van der Waals surface area (Å²) in [6.45, 7) is -1.83. The van der Waals surface area contributed by atoms with Crippen LogP contribution in [0.5, 0.6) is 5.88 Å². The molecule has 0 radical (unpaired) electrons. The monoisotopic (exact) mass is 400 g/mol. The Balaban J connectivity index is 1.73. The molecule has 11 heteroatoms. The third-order valence-electron chi connectivity index (χ3n) is 3.92. The molecule has 0 spiro atoms. The summed E-state index contributed by atoms with van der Waals surface area (Å²) in [7, 11) is 0. The van der Waals surface area contributed by atoms with E-state index in [9.17, 15) is 31.1 Å². The van der Waals surface area contributed by atoms with Crippen LogP contribution in [0.1, 0.15) is 23.2 Å². The number of esters is 1. The van der Waals surface area contributed by atoms with Crippen molar-refractivity contribution in [3.05, 3.63) is 23.9 Å². The number of likely N-dealkylation sites (tertiary alicyclic amines) is 1. The zero-order chi connectivity index (χ0) is 20.1. The van der Waals surface area contributed by atoms with Crippen LogP contribution in [-0.2, 0) is 4.74 Å². The van der Waals surface area contributed by atoms with Gasteiger partial charge in [-0.3, -0.25) is 4.90 Å². The second-order valence-electron chi connectivity index (χ2n) is 6.22. The van der Waals surface area contributed by atoms with Gasteiger partial charge in [-0.25, -0.2) is 9.78 Å². The van der Waals surface area contributed by atoms with Crippen molar-refractivity contribution in [2.75, 3.05) is 32.8 Å². The Hall–Kier alpha value is -2.04. The predicted molar refractivity (Wildman–Crippen MR) is 81.3 cm³/mol. The molecule has 1 aliphatic rings. The Morgan fingerprint density at radius 1 is 1.11 bits per heavy atom. The lowest BCUT2D eigenvalue weighted by atomic mass is 9.98. The summed E-state index contributed by atoms with van der Waals surface area (Å²) in [6.07, 6.45) is -6.73. The van der Waals surface area contributed by atoms with E-state index in [1.54, 1.807) is 0 Å².